The van der Waals surface area contributed by atoms with Crippen molar-refractivity contribution in [2.45, 2.75) is 26.2 Å². The van der Waals surface area contributed by atoms with Crippen LogP contribution in [0.1, 0.15) is 36.5 Å². The molecule has 1 heterocycles. The number of hydrogen-bond donors (Lipinski definition) is 2. The maximum Gasteiger partial charge on any atom is 0.268 e. The molecule has 5 nitrogen and oxygen atoms in total. The Balaban J connectivity index is 1.80. The van der Waals surface area contributed by atoms with Crippen LogP contribution in [0.15, 0.2) is 24.3 Å². The molecule has 0 radical (unpaired) electrons. The summed E-state index contributed by atoms with van der Waals surface area (Å²) in [6.07, 6.45) is 3.84. The van der Waals surface area contributed by atoms with E-state index < -0.39 is 0 Å². The summed E-state index contributed by atoms with van der Waals surface area (Å²) in [5.74, 6) is 6.33. The van der Waals surface area contributed by atoms with Crippen molar-refractivity contribution in [3.63, 3.8) is 0 Å². The Bertz CT molecular complexity index is 457. The molecular formula is C16H25N3O2. The van der Waals surface area contributed by atoms with Crippen molar-refractivity contribution < 1.29 is 9.53 Å². The second kappa shape index (κ2) is 8.00. The fourth-order valence-corrected chi connectivity index (χ4v) is 2.76. The first kappa shape index (κ1) is 15.8. The largest absolute Gasteiger partial charge is 0.491 e. The number of ether oxygens (including phenoxy) is 1. The van der Waals surface area contributed by atoms with Crippen LogP contribution < -0.4 is 16.0 Å². The number of benzene rings is 1. The predicted octanol–water partition coefficient (Wildman–Crippen LogP) is 1.79. The van der Waals surface area contributed by atoms with Crippen molar-refractivity contribution in [1.29, 1.82) is 0 Å². The summed E-state index contributed by atoms with van der Waals surface area (Å²) in [6, 6.07) is 7.17. The Morgan fingerprint density at radius 3 is 2.76 bits per heavy atom. The van der Waals surface area contributed by atoms with Crippen LogP contribution in [-0.4, -0.2) is 37.0 Å². The molecule has 0 aliphatic carbocycles. The van der Waals surface area contributed by atoms with Gasteiger partial charge in [-0.25, -0.2) is 5.84 Å². The van der Waals surface area contributed by atoms with E-state index in [9.17, 15) is 4.79 Å². The van der Waals surface area contributed by atoms with Crippen LogP contribution in [0.4, 0.5) is 0 Å². The van der Waals surface area contributed by atoms with E-state index in [1.54, 1.807) is 18.2 Å². The molecule has 1 aliphatic heterocycles. The highest BCUT2D eigenvalue weighted by Gasteiger charge is 2.17. The van der Waals surface area contributed by atoms with Crippen LogP contribution in [0.2, 0.25) is 0 Å². The van der Waals surface area contributed by atoms with Crippen molar-refractivity contribution in [1.82, 2.24) is 10.3 Å². The number of carbonyl (C=O) groups is 1. The van der Waals surface area contributed by atoms with Gasteiger partial charge in [-0.1, -0.05) is 25.5 Å². The van der Waals surface area contributed by atoms with Gasteiger partial charge >= 0.3 is 0 Å². The third-order valence-corrected chi connectivity index (χ3v) is 4.21. The summed E-state index contributed by atoms with van der Waals surface area (Å²) in [5, 5.41) is 0. The van der Waals surface area contributed by atoms with Gasteiger partial charge in [-0.2, -0.15) is 0 Å². The third-order valence-electron chi connectivity index (χ3n) is 4.21. The lowest BCUT2D eigenvalue weighted by atomic mass is 9.94. The second-order valence-electron chi connectivity index (χ2n) is 5.51. The minimum atomic E-state index is -0.325. The summed E-state index contributed by atoms with van der Waals surface area (Å²) in [4.78, 5) is 14.1. The standard InChI is InChI=1S/C16H25N3O2/c1-2-13-7-9-19(10-8-13)11-12-21-15-6-4-3-5-14(15)16(20)18-17/h3-6,13H,2,7-12,17H2,1H3,(H,18,20). The lowest BCUT2D eigenvalue weighted by molar-refractivity contribution is 0.0948. The first-order valence-electron chi connectivity index (χ1n) is 7.69. The van der Waals surface area contributed by atoms with Crippen molar-refractivity contribution in [2.75, 3.05) is 26.2 Å². The van der Waals surface area contributed by atoms with Gasteiger partial charge in [0.2, 0.25) is 0 Å². The number of nitrogens with one attached hydrogen (secondary N) is 1. The number of hydrogen-bond acceptors (Lipinski definition) is 4. The summed E-state index contributed by atoms with van der Waals surface area (Å²) in [5.41, 5.74) is 2.62. The van der Waals surface area contributed by atoms with Gasteiger partial charge in [0.1, 0.15) is 12.4 Å². The van der Waals surface area contributed by atoms with Gasteiger partial charge in [-0.3, -0.25) is 15.1 Å². The number of carbonyl (C=O) groups excluding carboxylic acids is 1. The fraction of sp³-hybridized carbons (Fsp3) is 0.562. The molecule has 5 heteroatoms. The zero-order valence-corrected chi connectivity index (χ0v) is 12.7. The normalized spacial score (nSPS) is 16.7. The molecule has 1 aromatic carbocycles. The number of amides is 1. The molecular weight excluding hydrogens is 266 g/mol. The predicted molar refractivity (Wildman–Crippen MR) is 83.0 cm³/mol. The monoisotopic (exact) mass is 291 g/mol. The molecule has 0 spiro atoms. The topological polar surface area (TPSA) is 67.6 Å². The number of hydrazine groups is 1. The number of likely N-dealkylation sites (tertiary alicyclic amines) is 1. The maximum atomic E-state index is 11.6. The van der Waals surface area contributed by atoms with E-state index in [-0.39, 0.29) is 5.91 Å². The van der Waals surface area contributed by atoms with Crippen molar-refractivity contribution in [3.05, 3.63) is 29.8 Å². The number of para-hydroxylation sites is 1. The first-order chi connectivity index (χ1) is 10.2. The van der Waals surface area contributed by atoms with Crippen LogP contribution in [-0.2, 0) is 0 Å². The Morgan fingerprint density at radius 2 is 2.10 bits per heavy atom. The quantitative estimate of drug-likeness (QED) is 0.476. The molecule has 1 amide bonds. The number of rotatable bonds is 6. The molecule has 116 valence electrons. The van der Waals surface area contributed by atoms with Crippen LogP contribution in [0.5, 0.6) is 5.75 Å². The molecule has 0 aromatic heterocycles. The summed E-state index contributed by atoms with van der Waals surface area (Å²) in [6.45, 7) is 6.04. The Labute approximate surface area is 126 Å². The van der Waals surface area contributed by atoms with Gasteiger partial charge in [-0.05, 0) is 44.0 Å². The van der Waals surface area contributed by atoms with Crippen molar-refractivity contribution >= 4 is 5.91 Å². The van der Waals surface area contributed by atoms with Gasteiger partial charge < -0.3 is 4.74 Å². The van der Waals surface area contributed by atoms with E-state index in [4.69, 9.17) is 10.6 Å². The number of nitrogens with zero attached hydrogens (tertiary/aromatic N) is 1. The maximum absolute atomic E-state index is 11.6. The van der Waals surface area contributed by atoms with Crippen LogP contribution in [0, 0.1) is 5.92 Å². The van der Waals surface area contributed by atoms with Crippen molar-refractivity contribution in [2.24, 2.45) is 11.8 Å². The first-order valence-corrected chi connectivity index (χ1v) is 7.69. The van der Waals surface area contributed by atoms with Gasteiger partial charge in [-0.15, -0.1) is 0 Å². The lowest BCUT2D eigenvalue weighted by Crippen LogP contribution is -2.36. The Hall–Kier alpha value is -1.59. The van der Waals surface area contributed by atoms with E-state index in [1.807, 2.05) is 6.07 Å². The van der Waals surface area contributed by atoms with E-state index >= 15 is 0 Å². The average molecular weight is 291 g/mol. The molecule has 1 saturated heterocycles. The number of piperidine rings is 1. The zero-order chi connectivity index (χ0) is 15.1. The highest BCUT2D eigenvalue weighted by molar-refractivity contribution is 5.96. The Morgan fingerprint density at radius 1 is 1.38 bits per heavy atom. The van der Waals surface area contributed by atoms with Crippen LogP contribution >= 0.6 is 0 Å². The molecule has 0 unspecified atom stereocenters. The zero-order valence-electron chi connectivity index (χ0n) is 12.7. The van der Waals surface area contributed by atoms with E-state index in [1.165, 1.54) is 19.3 Å². The molecule has 3 N–H and O–H groups in total. The van der Waals surface area contributed by atoms with Crippen LogP contribution in [0.25, 0.3) is 0 Å². The summed E-state index contributed by atoms with van der Waals surface area (Å²) >= 11 is 0. The third kappa shape index (κ3) is 4.44. The molecule has 1 aliphatic rings. The molecule has 2 rings (SSSR count). The molecule has 1 aromatic rings. The lowest BCUT2D eigenvalue weighted by Gasteiger charge is -2.31. The Kier molecular flexibility index (Phi) is 6.02. The van der Waals surface area contributed by atoms with Gasteiger partial charge in [0.25, 0.3) is 5.91 Å². The smallest absolute Gasteiger partial charge is 0.268 e. The molecule has 1 fully saturated rings. The van der Waals surface area contributed by atoms with Crippen LogP contribution in [0.3, 0.4) is 0 Å². The SMILES string of the molecule is CCC1CCN(CCOc2ccccc2C(=O)NN)CC1. The van der Waals surface area contributed by atoms with Gasteiger partial charge in [0.05, 0.1) is 5.56 Å². The summed E-state index contributed by atoms with van der Waals surface area (Å²) < 4.78 is 5.76. The fourth-order valence-electron chi connectivity index (χ4n) is 2.76. The minimum absolute atomic E-state index is 0.325. The highest BCUT2D eigenvalue weighted by atomic mass is 16.5. The molecule has 0 atom stereocenters. The molecule has 0 saturated carbocycles. The van der Waals surface area contributed by atoms with E-state index in [2.05, 4.69) is 17.2 Å². The van der Waals surface area contributed by atoms with E-state index in [0.717, 1.165) is 25.6 Å². The number of nitrogens with two attached hydrogens (primary N) is 1. The average Bonchev–Trinajstić information content (AvgIpc) is 2.55. The summed E-state index contributed by atoms with van der Waals surface area (Å²) in [7, 11) is 0. The second-order valence-corrected chi connectivity index (χ2v) is 5.51. The highest BCUT2D eigenvalue weighted by Crippen LogP contribution is 2.20. The van der Waals surface area contributed by atoms with Gasteiger partial charge in [0.15, 0.2) is 0 Å². The van der Waals surface area contributed by atoms with E-state index in [0.29, 0.717) is 17.9 Å². The molecule has 21 heavy (non-hydrogen) atoms. The minimum Gasteiger partial charge on any atom is -0.491 e. The van der Waals surface area contributed by atoms with Crippen molar-refractivity contribution in [3.8, 4) is 5.75 Å². The molecule has 0 bridgehead atoms. The van der Waals surface area contributed by atoms with Gasteiger partial charge in [0, 0.05) is 6.54 Å². The number of nitrogen functional groups attached to an aromatic ring is 1.